The summed E-state index contributed by atoms with van der Waals surface area (Å²) in [5.74, 6) is -3.04. The summed E-state index contributed by atoms with van der Waals surface area (Å²) in [5, 5.41) is 2.49. The second kappa shape index (κ2) is 7.32. The molecule has 2 heterocycles. The van der Waals surface area contributed by atoms with Gasteiger partial charge in [-0.1, -0.05) is 0 Å². The fourth-order valence-electron chi connectivity index (χ4n) is 2.89. The molecule has 1 aromatic carbocycles. The van der Waals surface area contributed by atoms with Crippen molar-refractivity contribution in [3.8, 4) is 0 Å². The molecule has 0 aromatic heterocycles. The van der Waals surface area contributed by atoms with Gasteiger partial charge in [0.25, 0.3) is 10.2 Å². The van der Waals surface area contributed by atoms with Crippen LogP contribution in [0, 0.1) is 17.6 Å². The minimum Gasteiger partial charge on any atom is -0.380 e. The molecule has 2 unspecified atom stereocenters. The molecule has 138 valence electrons. The Morgan fingerprint density at radius 3 is 2.72 bits per heavy atom. The lowest BCUT2D eigenvalue weighted by atomic mass is 10.1. The predicted molar refractivity (Wildman–Crippen MR) is 85.9 cm³/mol. The lowest BCUT2D eigenvalue weighted by Crippen LogP contribution is -2.45. The summed E-state index contributed by atoms with van der Waals surface area (Å²) in [6.45, 7) is 1.12. The third kappa shape index (κ3) is 4.32. The minimum absolute atomic E-state index is 0.0401. The van der Waals surface area contributed by atoms with E-state index < -0.39 is 33.7 Å². The van der Waals surface area contributed by atoms with Crippen LogP contribution in [-0.4, -0.2) is 51.0 Å². The normalized spacial score (nSPS) is 24.6. The summed E-state index contributed by atoms with van der Waals surface area (Å²) in [5.41, 5.74) is 0.131. The fourth-order valence-corrected chi connectivity index (χ4v) is 4.37. The second-order valence-corrected chi connectivity index (χ2v) is 7.85. The van der Waals surface area contributed by atoms with Gasteiger partial charge in [-0.05, 0) is 25.0 Å². The third-order valence-electron chi connectivity index (χ3n) is 4.29. The van der Waals surface area contributed by atoms with E-state index >= 15 is 0 Å². The van der Waals surface area contributed by atoms with E-state index in [4.69, 9.17) is 4.74 Å². The zero-order valence-corrected chi connectivity index (χ0v) is 14.2. The van der Waals surface area contributed by atoms with E-state index in [0.29, 0.717) is 26.1 Å². The molecule has 0 aliphatic carbocycles. The lowest BCUT2D eigenvalue weighted by molar-refractivity contribution is -0.119. The Morgan fingerprint density at radius 2 is 2.04 bits per heavy atom. The maximum absolute atomic E-state index is 13.2. The van der Waals surface area contributed by atoms with Crippen LogP contribution in [0.3, 0.4) is 0 Å². The van der Waals surface area contributed by atoms with Crippen LogP contribution >= 0.6 is 0 Å². The first-order chi connectivity index (χ1) is 11.8. The molecule has 3 rings (SSSR count). The molecule has 2 N–H and O–H groups in total. The summed E-state index contributed by atoms with van der Waals surface area (Å²) >= 11 is 0. The van der Waals surface area contributed by atoms with Crippen LogP contribution in [0.15, 0.2) is 18.2 Å². The van der Waals surface area contributed by atoms with Crippen LogP contribution in [0.4, 0.5) is 14.5 Å². The highest BCUT2D eigenvalue weighted by atomic mass is 32.2. The average molecular weight is 375 g/mol. The number of amides is 1. The number of hydrogen-bond acceptors (Lipinski definition) is 4. The molecule has 7 nitrogen and oxygen atoms in total. The van der Waals surface area contributed by atoms with Crippen molar-refractivity contribution in [2.24, 2.45) is 5.92 Å². The van der Waals surface area contributed by atoms with Gasteiger partial charge in [0.2, 0.25) is 5.91 Å². The van der Waals surface area contributed by atoms with E-state index in [1.165, 1.54) is 10.4 Å². The summed E-state index contributed by atoms with van der Waals surface area (Å²) in [4.78, 5) is 12.2. The van der Waals surface area contributed by atoms with Crippen molar-refractivity contribution in [1.29, 1.82) is 0 Å². The molecule has 2 fully saturated rings. The van der Waals surface area contributed by atoms with Gasteiger partial charge >= 0.3 is 0 Å². The zero-order chi connectivity index (χ0) is 18.0. The highest BCUT2D eigenvalue weighted by molar-refractivity contribution is 7.87. The van der Waals surface area contributed by atoms with E-state index in [9.17, 15) is 22.0 Å². The quantitative estimate of drug-likeness (QED) is 0.799. The monoisotopic (exact) mass is 375 g/mol. The van der Waals surface area contributed by atoms with Crippen molar-refractivity contribution < 1.29 is 26.7 Å². The Morgan fingerprint density at radius 1 is 1.24 bits per heavy atom. The highest BCUT2D eigenvalue weighted by Gasteiger charge is 2.36. The van der Waals surface area contributed by atoms with Crippen LogP contribution in [0.5, 0.6) is 0 Å². The molecule has 0 radical (unpaired) electrons. The maximum atomic E-state index is 13.2. The highest BCUT2D eigenvalue weighted by Crippen LogP contribution is 2.22. The average Bonchev–Trinajstić information content (AvgIpc) is 3.22. The van der Waals surface area contributed by atoms with E-state index in [1.54, 1.807) is 0 Å². The van der Waals surface area contributed by atoms with Gasteiger partial charge in [-0.25, -0.2) is 8.78 Å². The smallest absolute Gasteiger partial charge is 0.279 e. The molecule has 2 aliphatic heterocycles. The van der Waals surface area contributed by atoms with Gasteiger partial charge in [-0.15, -0.1) is 0 Å². The third-order valence-corrected chi connectivity index (χ3v) is 5.94. The van der Waals surface area contributed by atoms with Gasteiger partial charge in [-0.3, -0.25) is 4.79 Å². The Hall–Kier alpha value is -1.62. The first-order valence-corrected chi connectivity index (χ1v) is 9.40. The Labute approximate surface area is 144 Å². The van der Waals surface area contributed by atoms with E-state index in [2.05, 4.69) is 10.0 Å². The summed E-state index contributed by atoms with van der Waals surface area (Å²) in [6, 6.07) is 2.81. The summed E-state index contributed by atoms with van der Waals surface area (Å²) in [6.07, 6.45) is 0.977. The van der Waals surface area contributed by atoms with Crippen LogP contribution in [-0.2, 0) is 19.7 Å². The molecule has 0 bridgehead atoms. The molecule has 0 saturated carbocycles. The number of carbonyl (C=O) groups excluding carboxylic acids is 1. The molecule has 2 aliphatic rings. The first kappa shape index (κ1) is 18.2. The molecule has 2 saturated heterocycles. The lowest BCUT2D eigenvalue weighted by Gasteiger charge is -2.19. The number of carbonyl (C=O) groups is 1. The molecular formula is C15H19F2N3O4S. The molecule has 10 heteroatoms. The van der Waals surface area contributed by atoms with Gasteiger partial charge in [0.05, 0.1) is 12.5 Å². The summed E-state index contributed by atoms with van der Waals surface area (Å²) in [7, 11) is -3.68. The number of nitrogens with zero attached hydrogens (tertiary/aromatic N) is 1. The maximum Gasteiger partial charge on any atom is 0.279 e. The molecular weight excluding hydrogens is 356 g/mol. The van der Waals surface area contributed by atoms with Crippen molar-refractivity contribution in [2.75, 3.05) is 31.6 Å². The number of hydrogen-bond donors (Lipinski definition) is 2. The van der Waals surface area contributed by atoms with Crippen molar-refractivity contribution in [1.82, 2.24) is 9.03 Å². The van der Waals surface area contributed by atoms with Gasteiger partial charge < -0.3 is 10.1 Å². The van der Waals surface area contributed by atoms with E-state index in [-0.39, 0.29) is 24.8 Å². The van der Waals surface area contributed by atoms with Crippen molar-refractivity contribution >= 4 is 21.8 Å². The predicted octanol–water partition coefficient (Wildman–Crippen LogP) is 0.849. The molecule has 0 spiro atoms. The standard InChI is InChI=1S/C15H19F2N3O4S/c16-13-2-1-11(7-14(13)17)18-15(21)10-3-5-20(8-10)25(22,23)19-12-4-6-24-9-12/h1-2,7,10,12,19H,3-6,8-9H2,(H,18,21). The molecule has 25 heavy (non-hydrogen) atoms. The van der Waals surface area contributed by atoms with Crippen molar-refractivity contribution in [3.63, 3.8) is 0 Å². The van der Waals surface area contributed by atoms with Crippen LogP contribution < -0.4 is 10.0 Å². The molecule has 2 atom stereocenters. The molecule has 1 amide bonds. The number of benzene rings is 1. The van der Waals surface area contributed by atoms with E-state index in [0.717, 1.165) is 12.1 Å². The van der Waals surface area contributed by atoms with Crippen LogP contribution in [0.1, 0.15) is 12.8 Å². The second-order valence-electron chi connectivity index (χ2n) is 6.15. The van der Waals surface area contributed by atoms with Gasteiger partial charge in [-0.2, -0.15) is 17.4 Å². The van der Waals surface area contributed by atoms with Gasteiger partial charge in [0.15, 0.2) is 11.6 Å². The van der Waals surface area contributed by atoms with Gasteiger partial charge in [0, 0.05) is 37.5 Å². The number of halogens is 2. The van der Waals surface area contributed by atoms with Crippen LogP contribution in [0.25, 0.3) is 0 Å². The number of anilines is 1. The van der Waals surface area contributed by atoms with E-state index in [1.807, 2.05) is 0 Å². The zero-order valence-electron chi connectivity index (χ0n) is 13.4. The summed E-state index contributed by atoms with van der Waals surface area (Å²) < 4.78 is 59.7. The van der Waals surface area contributed by atoms with Crippen molar-refractivity contribution in [2.45, 2.75) is 18.9 Å². The Balaban J connectivity index is 1.57. The van der Waals surface area contributed by atoms with Gasteiger partial charge in [0.1, 0.15) is 0 Å². The number of ether oxygens (including phenoxy) is 1. The largest absolute Gasteiger partial charge is 0.380 e. The fraction of sp³-hybridized carbons (Fsp3) is 0.533. The molecule has 1 aromatic rings. The first-order valence-electron chi connectivity index (χ1n) is 7.96. The van der Waals surface area contributed by atoms with Crippen LogP contribution in [0.2, 0.25) is 0 Å². The Bertz CT molecular complexity index is 753. The topological polar surface area (TPSA) is 87.7 Å². The SMILES string of the molecule is O=C(Nc1ccc(F)c(F)c1)C1CCN(S(=O)(=O)NC2CCOC2)C1. The Kier molecular flexibility index (Phi) is 5.32. The number of rotatable bonds is 5. The minimum atomic E-state index is -3.68. The van der Waals surface area contributed by atoms with Crippen molar-refractivity contribution in [3.05, 3.63) is 29.8 Å². The number of nitrogens with one attached hydrogen (secondary N) is 2.